The molecule has 2 aromatic carbocycles. The predicted octanol–water partition coefficient (Wildman–Crippen LogP) is 2.86. The summed E-state index contributed by atoms with van der Waals surface area (Å²) in [6.07, 6.45) is 0. The van der Waals surface area contributed by atoms with Crippen LogP contribution >= 0.6 is 11.6 Å². The van der Waals surface area contributed by atoms with Crippen molar-refractivity contribution in [3.63, 3.8) is 0 Å². The van der Waals surface area contributed by atoms with Crippen molar-refractivity contribution < 1.29 is 9.90 Å². The van der Waals surface area contributed by atoms with Crippen LogP contribution in [0.2, 0.25) is 5.02 Å². The number of carbonyl (C=O) groups excluding carboxylic acids is 1. The lowest BCUT2D eigenvalue weighted by Crippen LogP contribution is -2.03. The molecule has 0 heterocycles. The van der Waals surface area contributed by atoms with Gasteiger partial charge in [-0.15, -0.1) is 0 Å². The molecule has 0 aromatic heterocycles. The van der Waals surface area contributed by atoms with Crippen molar-refractivity contribution >= 4 is 23.1 Å². The number of hydrogen-bond acceptors (Lipinski definition) is 3. The summed E-state index contributed by atoms with van der Waals surface area (Å²) in [5.74, 6) is -0.390. The molecule has 0 amide bonds. The molecule has 0 atom stereocenters. The van der Waals surface area contributed by atoms with Gasteiger partial charge in [-0.25, -0.2) is 0 Å². The molecule has 2 rings (SSSR count). The van der Waals surface area contributed by atoms with Gasteiger partial charge in [-0.2, -0.15) is 0 Å². The Morgan fingerprint density at radius 1 is 1.12 bits per heavy atom. The normalized spacial score (nSPS) is 10.2. The Bertz CT molecular complexity index is 581. The SMILES string of the molecule is Nc1ccc(C(=O)c2ccccc2O)c(Cl)c1. The number of hydrogen-bond donors (Lipinski definition) is 2. The number of nitrogen functional groups attached to an aromatic ring is 1. The lowest BCUT2D eigenvalue weighted by atomic mass is 10.0. The van der Waals surface area contributed by atoms with Crippen LogP contribution in [-0.2, 0) is 0 Å². The number of halogens is 1. The lowest BCUT2D eigenvalue weighted by molar-refractivity contribution is 0.103. The Hall–Kier alpha value is -2.00. The maximum Gasteiger partial charge on any atom is 0.198 e. The first-order valence-corrected chi connectivity index (χ1v) is 5.35. The van der Waals surface area contributed by atoms with Gasteiger partial charge in [0.25, 0.3) is 0 Å². The number of anilines is 1. The van der Waals surface area contributed by atoms with Crippen LogP contribution in [-0.4, -0.2) is 10.9 Å². The number of carbonyl (C=O) groups is 1. The molecule has 17 heavy (non-hydrogen) atoms. The molecule has 0 aliphatic rings. The monoisotopic (exact) mass is 247 g/mol. The van der Waals surface area contributed by atoms with Crippen LogP contribution < -0.4 is 5.73 Å². The average molecular weight is 248 g/mol. The van der Waals surface area contributed by atoms with Crippen molar-refractivity contribution in [1.82, 2.24) is 0 Å². The molecule has 0 saturated carbocycles. The van der Waals surface area contributed by atoms with E-state index in [4.69, 9.17) is 17.3 Å². The second-order valence-corrected chi connectivity index (χ2v) is 3.99. The first kappa shape index (κ1) is 11.5. The lowest BCUT2D eigenvalue weighted by Gasteiger charge is -2.06. The Morgan fingerprint density at radius 2 is 1.82 bits per heavy atom. The van der Waals surface area contributed by atoms with Crippen molar-refractivity contribution in [3.8, 4) is 5.75 Å². The van der Waals surface area contributed by atoms with Crippen molar-refractivity contribution in [3.05, 3.63) is 58.6 Å². The minimum absolute atomic E-state index is 0.0645. The summed E-state index contributed by atoms with van der Waals surface area (Å²) in [7, 11) is 0. The highest BCUT2D eigenvalue weighted by Crippen LogP contribution is 2.25. The van der Waals surface area contributed by atoms with Crippen LogP contribution in [0.15, 0.2) is 42.5 Å². The van der Waals surface area contributed by atoms with E-state index in [0.717, 1.165) is 0 Å². The fourth-order valence-electron chi connectivity index (χ4n) is 1.53. The molecule has 0 aliphatic heterocycles. The fourth-order valence-corrected chi connectivity index (χ4v) is 1.80. The quantitative estimate of drug-likeness (QED) is 0.634. The standard InChI is InChI=1S/C13H10ClNO2/c14-11-7-8(15)5-6-9(11)13(17)10-3-1-2-4-12(10)16/h1-7,16H,15H2. The van der Waals surface area contributed by atoms with E-state index in [1.807, 2.05) is 0 Å². The topological polar surface area (TPSA) is 63.3 Å². The summed E-state index contributed by atoms with van der Waals surface area (Å²) < 4.78 is 0. The summed E-state index contributed by atoms with van der Waals surface area (Å²) in [6.45, 7) is 0. The second kappa shape index (κ2) is 4.47. The van der Waals surface area contributed by atoms with E-state index in [0.29, 0.717) is 11.3 Å². The smallest absolute Gasteiger partial charge is 0.198 e. The highest BCUT2D eigenvalue weighted by Gasteiger charge is 2.15. The third-order valence-corrected chi connectivity index (χ3v) is 2.70. The fraction of sp³-hybridized carbons (Fsp3) is 0. The van der Waals surface area contributed by atoms with Crippen LogP contribution in [0.25, 0.3) is 0 Å². The number of nitrogens with two attached hydrogens (primary N) is 1. The zero-order valence-corrected chi connectivity index (χ0v) is 9.61. The predicted molar refractivity (Wildman–Crippen MR) is 67.4 cm³/mol. The van der Waals surface area contributed by atoms with Gasteiger partial charge in [0, 0.05) is 11.3 Å². The Kier molecular flexibility index (Phi) is 3.02. The van der Waals surface area contributed by atoms with Crippen molar-refractivity contribution in [1.29, 1.82) is 0 Å². The van der Waals surface area contributed by atoms with Crippen molar-refractivity contribution in [2.24, 2.45) is 0 Å². The highest BCUT2D eigenvalue weighted by atomic mass is 35.5. The number of phenolic OH excluding ortho intramolecular Hbond substituents is 1. The van der Waals surface area contributed by atoms with Gasteiger partial charge in [0.2, 0.25) is 0 Å². The van der Waals surface area contributed by atoms with E-state index in [2.05, 4.69) is 0 Å². The van der Waals surface area contributed by atoms with Crippen molar-refractivity contribution in [2.45, 2.75) is 0 Å². The Balaban J connectivity index is 2.48. The molecule has 3 N–H and O–H groups in total. The van der Waals surface area contributed by atoms with E-state index in [1.54, 1.807) is 30.3 Å². The number of aromatic hydroxyl groups is 1. The van der Waals surface area contributed by atoms with E-state index in [-0.39, 0.29) is 22.1 Å². The van der Waals surface area contributed by atoms with E-state index >= 15 is 0 Å². The molecule has 0 fully saturated rings. The van der Waals surface area contributed by atoms with Gasteiger partial charge in [-0.3, -0.25) is 4.79 Å². The molecule has 2 aromatic rings. The van der Waals surface area contributed by atoms with Crippen LogP contribution in [0.5, 0.6) is 5.75 Å². The van der Waals surface area contributed by atoms with E-state index < -0.39 is 0 Å². The van der Waals surface area contributed by atoms with Crippen LogP contribution in [0.3, 0.4) is 0 Å². The molecule has 0 radical (unpaired) electrons. The summed E-state index contributed by atoms with van der Waals surface area (Å²) in [6, 6.07) is 11.0. The Labute approximate surface area is 103 Å². The summed E-state index contributed by atoms with van der Waals surface area (Å²) >= 11 is 5.94. The summed E-state index contributed by atoms with van der Waals surface area (Å²) in [4.78, 5) is 12.1. The number of benzene rings is 2. The number of rotatable bonds is 2. The van der Waals surface area contributed by atoms with Crippen LogP contribution in [0.1, 0.15) is 15.9 Å². The van der Waals surface area contributed by atoms with Gasteiger partial charge >= 0.3 is 0 Å². The first-order chi connectivity index (χ1) is 8.09. The molecule has 0 saturated heterocycles. The van der Waals surface area contributed by atoms with E-state index in [9.17, 15) is 9.90 Å². The third kappa shape index (κ3) is 2.24. The number of para-hydroxylation sites is 1. The summed E-state index contributed by atoms with van der Waals surface area (Å²) in [5, 5.41) is 9.88. The largest absolute Gasteiger partial charge is 0.507 e. The van der Waals surface area contributed by atoms with Crippen LogP contribution in [0, 0.1) is 0 Å². The molecular weight excluding hydrogens is 238 g/mol. The molecule has 0 bridgehead atoms. The first-order valence-electron chi connectivity index (χ1n) is 4.97. The molecule has 0 aliphatic carbocycles. The van der Waals surface area contributed by atoms with E-state index in [1.165, 1.54) is 12.1 Å². The molecule has 0 spiro atoms. The van der Waals surface area contributed by atoms with Crippen LogP contribution in [0.4, 0.5) is 5.69 Å². The molecule has 3 nitrogen and oxygen atoms in total. The number of ketones is 1. The third-order valence-electron chi connectivity index (χ3n) is 2.39. The van der Waals surface area contributed by atoms with Gasteiger partial charge in [0.05, 0.1) is 10.6 Å². The Morgan fingerprint density at radius 3 is 2.47 bits per heavy atom. The van der Waals surface area contributed by atoms with Gasteiger partial charge in [-0.05, 0) is 30.3 Å². The maximum atomic E-state index is 12.1. The molecule has 4 heteroatoms. The summed E-state index contributed by atoms with van der Waals surface area (Å²) in [5.41, 5.74) is 6.58. The molecular formula is C13H10ClNO2. The zero-order valence-electron chi connectivity index (χ0n) is 8.85. The molecule has 86 valence electrons. The minimum Gasteiger partial charge on any atom is -0.507 e. The molecule has 0 unspecified atom stereocenters. The average Bonchev–Trinajstić information content (AvgIpc) is 2.29. The van der Waals surface area contributed by atoms with Gasteiger partial charge in [0.1, 0.15) is 5.75 Å². The van der Waals surface area contributed by atoms with Gasteiger partial charge in [-0.1, -0.05) is 23.7 Å². The van der Waals surface area contributed by atoms with Gasteiger partial charge in [0.15, 0.2) is 5.78 Å². The van der Waals surface area contributed by atoms with Crippen molar-refractivity contribution in [2.75, 3.05) is 5.73 Å². The highest BCUT2D eigenvalue weighted by molar-refractivity contribution is 6.35. The number of phenols is 1. The zero-order chi connectivity index (χ0) is 12.4. The second-order valence-electron chi connectivity index (χ2n) is 3.59. The minimum atomic E-state index is -0.326. The maximum absolute atomic E-state index is 12.1. The van der Waals surface area contributed by atoms with Gasteiger partial charge < -0.3 is 10.8 Å².